The number of aliphatic hydroxyl groups is 1. The van der Waals surface area contributed by atoms with Crippen LogP contribution in [0.15, 0.2) is 106 Å². The van der Waals surface area contributed by atoms with Crippen LogP contribution in [-0.4, -0.2) is 22.6 Å². The van der Waals surface area contributed by atoms with Gasteiger partial charge in [-0.3, -0.25) is 9.98 Å². The van der Waals surface area contributed by atoms with Crippen molar-refractivity contribution in [3.63, 3.8) is 0 Å². The molecule has 4 aromatic rings. The summed E-state index contributed by atoms with van der Waals surface area (Å²) in [5.74, 6) is 0.510. The third-order valence-corrected chi connectivity index (χ3v) is 9.45. The molecule has 2 heterocycles. The number of allylic oxidation sites excluding steroid dienone is 2. The fourth-order valence-corrected chi connectivity index (χ4v) is 7.29. The van der Waals surface area contributed by atoms with Gasteiger partial charge in [0, 0.05) is 16.7 Å². The van der Waals surface area contributed by atoms with Crippen LogP contribution in [-0.2, 0) is 10.8 Å². The molecule has 7 rings (SSSR count). The summed E-state index contributed by atoms with van der Waals surface area (Å²) in [4.78, 5) is 10.2. The summed E-state index contributed by atoms with van der Waals surface area (Å²) in [6, 6.07) is 25.7. The summed E-state index contributed by atoms with van der Waals surface area (Å²) in [5.41, 5.74) is 8.29. The van der Waals surface area contributed by atoms with Crippen LogP contribution in [0, 0.1) is 11.8 Å². The normalized spacial score (nSPS) is 24.4. The van der Waals surface area contributed by atoms with Crippen molar-refractivity contribution in [3.8, 4) is 0 Å². The SMILES string of the molecule is CC(C)C1/C(=C/C2=Nc3ccc4ccccc4c3C2(C)C)C(O)/C1=C\C1=Nc2ccc3ccccc3c2C1(C)C. The maximum Gasteiger partial charge on any atom is 0.0980 e. The van der Waals surface area contributed by atoms with Gasteiger partial charge in [0.2, 0.25) is 0 Å². The molecule has 1 saturated carbocycles. The molecule has 1 fully saturated rings. The molecule has 0 saturated heterocycles. The number of fused-ring (bicyclic) bond motifs is 6. The molecule has 3 aliphatic rings. The number of aliphatic hydroxyl groups excluding tert-OH is 1. The van der Waals surface area contributed by atoms with Crippen molar-refractivity contribution in [3.05, 3.63) is 107 Å². The zero-order valence-electron chi connectivity index (χ0n) is 24.2. The second-order valence-corrected chi connectivity index (χ2v) is 13.0. The van der Waals surface area contributed by atoms with Gasteiger partial charge in [-0.15, -0.1) is 0 Å². The Labute approximate surface area is 236 Å². The lowest BCUT2D eigenvalue weighted by molar-refractivity contribution is 0.165. The first-order valence-corrected chi connectivity index (χ1v) is 14.4. The van der Waals surface area contributed by atoms with E-state index in [1.54, 1.807) is 0 Å². The van der Waals surface area contributed by atoms with Crippen LogP contribution in [0.25, 0.3) is 21.5 Å². The summed E-state index contributed by atoms with van der Waals surface area (Å²) >= 11 is 0. The number of hydrogen-bond donors (Lipinski definition) is 1. The molecule has 4 aromatic carbocycles. The number of nitrogens with zero attached hydrogens (tertiary/aromatic N) is 2. The first-order valence-electron chi connectivity index (χ1n) is 14.4. The van der Waals surface area contributed by atoms with E-state index in [2.05, 4.69) is 126 Å². The molecule has 200 valence electrons. The quantitative estimate of drug-likeness (QED) is 0.286. The van der Waals surface area contributed by atoms with Gasteiger partial charge in [-0.2, -0.15) is 0 Å². The molecule has 0 bridgehead atoms. The smallest absolute Gasteiger partial charge is 0.0980 e. The Hall–Kier alpha value is -3.82. The highest BCUT2D eigenvalue weighted by atomic mass is 16.3. The van der Waals surface area contributed by atoms with Gasteiger partial charge >= 0.3 is 0 Å². The number of hydrogen-bond acceptors (Lipinski definition) is 3. The van der Waals surface area contributed by atoms with E-state index in [1.807, 2.05) is 0 Å². The molecule has 0 radical (unpaired) electrons. The molecule has 2 aliphatic heterocycles. The van der Waals surface area contributed by atoms with E-state index in [0.29, 0.717) is 5.92 Å². The van der Waals surface area contributed by atoms with Crippen molar-refractivity contribution in [2.45, 2.75) is 58.5 Å². The van der Waals surface area contributed by atoms with Gasteiger partial charge in [-0.05, 0) is 74.0 Å². The van der Waals surface area contributed by atoms with Crippen LogP contribution in [0.2, 0.25) is 0 Å². The van der Waals surface area contributed by atoms with Crippen molar-refractivity contribution in [1.82, 2.24) is 0 Å². The van der Waals surface area contributed by atoms with Gasteiger partial charge in [0.25, 0.3) is 0 Å². The van der Waals surface area contributed by atoms with Crippen LogP contribution in [0.3, 0.4) is 0 Å². The molecule has 3 heteroatoms. The minimum absolute atomic E-state index is 0.160. The lowest BCUT2D eigenvalue weighted by Gasteiger charge is -2.43. The molecular weight excluding hydrogens is 488 g/mol. The monoisotopic (exact) mass is 524 g/mol. The molecule has 3 nitrogen and oxygen atoms in total. The van der Waals surface area contributed by atoms with E-state index in [-0.39, 0.29) is 16.7 Å². The minimum atomic E-state index is -0.620. The average molecular weight is 525 g/mol. The van der Waals surface area contributed by atoms with Crippen molar-refractivity contribution >= 4 is 44.3 Å². The Bertz CT molecular complexity index is 1720. The maximum absolute atomic E-state index is 11.6. The third-order valence-electron chi connectivity index (χ3n) is 9.45. The first kappa shape index (κ1) is 25.2. The highest BCUT2D eigenvalue weighted by Crippen LogP contribution is 2.50. The van der Waals surface area contributed by atoms with Crippen molar-refractivity contribution in [2.24, 2.45) is 21.8 Å². The van der Waals surface area contributed by atoms with Crippen LogP contribution >= 0.6 is 0 Å². The zero-order valence-corrected chi connectivity index (χ0v) is 24.2. The molecule has 0 atom stereocenters. The second kappa shape index (κ2) is 8.59. The van der Waals surface area contributed by atoms with E-state index in [4.69, 9.17) is 9.98 Å². The number of rotatable bonds is 3. The fraction of sp³-hybridized carbons (Fsp3) is 0.297. The van der Waals surface area contributed by atoms with Crippen LogP contribution < -0.4 is 0 Å². The first-order chi connectivity index (χ1) is 19.1. The Morgan fingerprint density at radius 1 is 0.650 bits per heavy atom. The Kier molecular flexibility index (Phi) is 5.40. The number of benzene rings is 4. The van der Waals surface area contributed by atoms with Gasteiger partial charge in [-0.25, -0.2) is 0 Å². The van der Waals surface area contributed by atoms with Crippen molar-refractivity contribution in [1.29, 1.82) is 0 Å². The summed E-state index contributed by atoms with van der Waals surface area (Å²) in [5, 5.41) is 16.6. The van der Waals surface area contributed by atoms with E-state index >= 15 is 0 Å². The summed E-state index contributed by atoms with van der Waals surface area (Å²) < 4.78 is 0. The molecule has 0 spiro atoms. The van der Waals surface area contributed by atoms with Crippen LogP contribution in [0.5, 0.6) is 0 Å². The van der Waals surface area contributed by atoms with E-state index < -0.39 is 6.10 Å². The van der Waals surface area contributed by atoms with Crippen molar-refractivity contribution in [2.75, 3.05) is 0 Å². The third kappa shape index (κ3) is 3.47. The minimum Gasteiger partial charge on any atom is -0.384 e. The molecule has 0 aromatic heterocycles. The van der Waals surface area contributed by atoms with E-state index in [0.717, 1.165) is 33.9 Å². The Balaban J connectivity index is 1.26. The van der Waals surface area contributed by atoms with Crippen molar-refractivity contribution < 1.29 is 5.11 Å². The van der Waals surface area contributed by atoms with E-state index in [1.165, 1.54) is 32.7 Å². The summed E-state index contributed by atoms with van der Waals surface area (Å²) in [6.07, 6.45) is 3.75. The molecule has 0 unspecified atom stereocenters. The molecule has 1 aliphatic carbocycles. The van der Waals surface area contributed by atoms with Gasteiger partial charge < -0.3 is 5.11 Å². The van der Waals surface area contributed by atoms with Gasteiger partial charge in [0.15, 0.2) is 0 Å². The maximum atomic E-state index is 11.6. The van der Waals surface area contributed by atoms with Crippen LogP contribution in [0.4, 0.5) is 11.4 Å². The summed E-state index contributed by atoms with van der Waals surface area (Å²) in [7, 11) is 0. The molecule has 0 amide bonds. The second-order valence-electron chi connectivity index (χ2n) is 13.0. The van der Waals surface area contributed by atoms with Gasteiger partial charge in [-0.1, -0.05) is 102 Å². The molecular formula is C37H36N2O. The zero-order chi connectivity index (χ0) is 28.0. The topological polar surface area (TPSA) is 45.0 Å². The number of aliphatic imine (C=N–C) groups is 2. The average Bonchev–Trinajstić information content (AvgIpc) is 3.35. The molecule has 40 heavy (non-hydrogen) atoms. The summed E-state index contributed by atoms with van der Waals surface area (Å²) in [6.45, 7) is 13.5. The predicted octanol–water partition coefficient (Wildman–Crippen LogP) is 8.92. The fourth-order valence-electron chi connectivity index (χ4n) is 7.29. The van der Waals surface area contributed by atoms with E-state index in [9.17, 15) is 5.11 Å². The highest BCUT2D eigenvalue weighted by Gasteiger charge is 2.45. The van der Waals surface area contributed by atoms with Gasteiger partial charge in [0.1, 0.15) is 0 Å². The lowest BCUT2D eigenvalue weighted by Crippen LogP contribution is -2.41. The Morgan fingerprint density at radius 2 is 1.07 bits per heavy atom. The standard InChI is InChI=1S/C37H36N2O/c1-21(2)32-26(19-30-36(3,4)33-24-13-9-7-11-22(24)15-17-28(33)38-30)35(40)27(32)20-31-37(5,6)34-25-14-10-8-12-23(25)16-18-29(34)39-31/h7-21,32,35,40H,1-6H3/b26-19-,27-20-. The largest absolute Gasteiger partial charge is 0.384 e. The van der Waals surface area contributed by atoms with Crippen LogP contribution in [0.1, 0.15) is 52.7 Å². The predicted molar refractivity (Wildman–Crippen MR) is 169 cm³/mol. The van der Waals surface area contributed by atoms with Gasteiger partial charge in [0.05, 0.1) is 28.9 Å². The molecule has 1 N–H and O–H groups in total. The Morgan fingerprint density at radius 3 is 1.50 bits per heavy atom. The highest BCUT2D eigenvalue weighted by molar-refractivity contribution is 6.14. The lowest BCUT2D eigenvalue weighted by atomic mass is 9.64.